The molecular formula is C11H12Cl2N4. The zero-order chi connectivity index (χ0) is 12.1. The number of hydrogen-bond donors (Lipinski definition) is 2. The van der Waals surface area contributed by atoms with E-state index in [0.29, 0.717) is 16.0 Å². The molecule has 4 nitrogen and oxygen atoms in total. The van der Waals surface area contributed by atoms with Crippen molar-refractivity contribution in [2.24, 2.45) is 10.1 Å². The van der Waals surface area contributed by atoms with Gasteiger partial charge in [0.25, 0.3) is 0 Å². The van der Waals surface area contributed by atoms with Crippen molar-refractivity contribution in [2.45, 2.75) is 6.42 Å². The Labute approximate surface area is 110 Å². The summed E-state index contributed by atoms with van der Waals surface area (Å²) in [7, 11) is 0. The predicted molar refractivity (Wildman–Crippen MR) is 72.1 cm³/mol. The Bertz CT molecular complexity index is 457. The average molecular weight is 271 g/mol. The van der Waals surface area contributed by atoms with Crippen molar-refractivity contribution in [3.63, 3.8) is 0 Å². The normalized spacial score (nSPS) is 15.5. The quantitative estimate of drug-likeness (QED) is 0.640. The molecule has 1 aromatic carbocycles. The Kier molecular flexibility index (Phi) is 4.23. The maximum Gasteiger partial charge on any atom is 0.212 e. The highest BCUT2D eigenvalue weighted by atomic mass is 35.5. The molecule has 0 spiro atoms. The van der Waals surface area contributed by atoms with Crippen LogP contribution < -0.4 is 10.7 Å². The van der Waals surface area contributed by atoms with Gasteiger partial charge in [0.15, 0.2) is 0 Å². The van der Waals surface area contributed by atoms with Crippen molar-refractivity contribution in [1.82, 2.24) is 10.7 Å². The molecule has 17 heavy (non-hydrogen) atoms. The van der Waals surface area contributed by atoms with Crippen LogP contribution >= 0.6 is 23.2 Å². The van der Waals surface area contributed by atoms with E-state index in [1.54, 1.807) is 12.3 Å². The first-order valence-corrected chi connectivity index (χ1v) is 6.04. The molecule has 0 saturated carbocycles. The first kappa shape index (κ1) is 12.2. The van der Waals surface area contributed by atoms with Gasteiger partial charge in [-0.05, 0) is 12.5 Å². The van der Waals surface area contributed by atoms with Crippen LogP contribution in [0.1, 0.15) is 12.0 Å². The lowest BCUT2D eigenvalue weighted by Gasteiger charge is -2.12. The molecule has 0 aromatic heterocycles. The number of guanidine groups is 1. The second-order valence-electron chi connectivity index (χ2n) is 3.52. The van der Waals surface area contributed by atoms with Crippen molar-refractivity contribution in [1.29, 1.82) is 0 Å². The lowest BCUT2D eigenvalue weighted by atomic mass is 10.2. The molecule has 1 heterocycles. The van der Waals surface area contributed by atoms with Crippen LogP contribution in [-0.2, 0) is 0 Å². The van der Waals surface area contributed by atoms with E-state index in [9.17, 15) is 0 Å². The lowest BCUT2D eigenvalue weighted by Crippen LogP contribution is -2.38. The molecule has 0 aliphatic carbocycles. The molecule has 1 aliphatic heterocycles. The zero-order valence-electron chi connectivity index (χ0n) is 9.08. The summed E-state index contributed by atoms with van der Waals surface area (Å²) in [6.07, 6.45) is 2.67. The Balaban J connectivity index is 2.00. The van der Waals surface area contributed by atoms with Gasteiger partial charge in [0, 0.05) is 18.7 Å². The van der Waals surface area contributed by atoms with E-state index in [0.717, 1.165) is 25.1 Å². The molecule has 0 saturated heterocycles. The molecule has 0 fully saturated rings. The minimum atomic E-state index is 0.498. The number of aliphatic imine (C=N–C) groups is 1. The van der Waals surface area contributed by atoms with E-state index in [-0.39, 0.29) is 0 Å². The molecule has 0 radical (unpaired) electrons. The largest absolute Gasteiger partial charge is 0.355 e. The van der Waals surface area contributed by atoms with Crippen LogP contribution in [0.4, 0.5) is 0 Å². The highest BCUT2D eigenvalue weighted by Gasteiger charge is 2.03. The lowest BCUT2D eigenvalue weighted by molar-refractivity contribution is 0.712. The SMILES string of the molecule is Clc1cccc(/C=N/NC2=NCCCN2)c1Cl. The first-order valence-electron chi connectivity index (χ1n) is 5.29. The van der Waals surface area contributed by atoms with Gasteiger partial charge in [-0.2, -0.15) is 5.10 Å². The summed E-state index contributed by atoms with van der Waals surface area (Å²) in [5.41, 5.74) is 3.59. The summed E-state index contributed by atoms with van der Waals surface area (Å²) in [5, 5.41) is 8.17. The number of hydrazone groups is 1. The van der Waals surface area contributed by atoms with E-state index < -0.39 is 0 Å². The van der Waals surface area contributed by atoms with Gasteiger partial charge < -0.3 is 5.32 Å². The summed E-state index contributed by atoms with van der Waals surface area (Å²) in [5.74, 6) is 0.686. The number of benzene rings is 1. The molecule has 6 heteroatoms. The predicted octanol–water partition coefficient (Wildman–Crippen LogP) is 2.27. The van der Waals surface area contributed by atoms with E-state index in [1.165, 1.54) is 0 Å². The fraction of sp³-hybridized carbons (Fsp3) is 0.273. The monoisotopic (exact) mass is 270 g/mol. The van der Waals surface area contributed by atoms with Crippen LogP contribution in [-0.4, -0.2) is 25.3 Å². The van der Waals surface area contributed by atoms with Gasteiger partial charge in [-0.1, -0.05) is 35.3 Å². The highest BCUT2D eigenvalue weighted by Crippen LogP contribution is 2.23. The van der Waals surface area contributed by atoms with Crippen molar-refractivity contribution >= 4 is 35.4 Å². The summed E-state index contributed by atoms with van der Waals surface area (Å²) < 4.78 is 0. The van der Waals surface area contributed by atoms with Gasteiger partial charge >= 0.3 is 0 Å². The minimum Gasteiger partial charge on any atom is -0.355 e. The fourth-order valence-electron chi connectivity index (χ4n) is 1.39. The van der Waals surface area contributed by atoms with E-state index in [1.807, 2.05) is 12.1 Å². The molecule has 0 atom stereocenters. The van der Waals surface area contributed by atoms with Gasteiger partial charge in [0.05, 0.1) is 16.3 Å². The number of hydrogen-bond acceptors (Lipinski definition) is 4. The van der Waals surface area contributed by atoms with Gasteiger partial charge in [0.1, 0.15) is 0 Å². The second-order valence-corrected chi connectivity index (χ2v) is 4.31. The Morgan fingerprint density at radius 2 is 2.29 bits per heavy atom. The van der Waals surface area contributed by atoms with Crippen LogP contribution in [0, 0.1) is 0 Å². The highest BCUT2D eigenvalue weighted by molar-refractivity contribution is 6.43. The number of rotatable bonds is 2. The maximum atomic E-state index is 6.02. The van der Waals surface area contributed by atoms with E-state index in [4.69, 9.17) is 23.2 Å². The standard InChI is InChI=1S/C11H12Cl2N4/c12-9-4-1-3-8(10(9)13)7-16-17-11-14-5-2-6-15-11/h1,3-4,7H,2,5-6H2,(H2,14,15,17)/b16-7+. The van der Waals surface area contributed by atoms with Crippen molar-refractivity contribution in [2.75, 3.05) is 13.1 Å². The Morgan fingerprint density at radius 3 is 3.06 bits per heavy atom. The van der Waals surface area contributed by atoms with Crippen LogP contribution in [0.15, 0.2) is 28.3 Å². The minimum absolute atomic E-state index is 0.498. The van der Waals surface area contributed by atoms with Crippen LogP contribution in [0.25, 0.3) is 0 Å². The Hall–Kier alpha value is -1.26. The van der Waals surface area contributed by atoms with Crippen molar-refractivity contribution in [3.05, 3.63) is 33.8 Å². The number of nitrogens with zero attached hydrogens (tertiary/aromatic N) is 2. The molecule has 1 aromatic rings. The van der Waals surface area contributed by atoms with Gasteiger partial charge in [-0.15, -0.1) is 0 Å². The third-order valence-electron chi connectivity index (χ3n) is 2.25. The third-order valence-corrected chi connectivity index (χ3v) is 3.09. The molecule has 2 N–H and O–H groups in total. The second kappa shape index (κ2) is 5.89. The maximum absolute atomic E-state index is 6.02. The first-order chi connectivity index (χ1) is 8.27. The van der Waals surface area contributed by atoms with E-state index in [2.05, 4.69) is 20.8 Å². The number of nitrogens with one attached hydrogen (secondary N) is 2. The summed E-state index contributed by atoms with van der Waals surface area (Å²) in [4.78, 5) is 4.22. The topological polar surface area (TPSA) is 48.8 Å². The fourth-order valence-corrected chi connectivity index (χ4v) is 1.75. The molecular weight excluding hydrogens is 259 g/mol. The zero-order valence-corrected chi connectivity index (χ0v) is 10.6. The van der Waals surface area contributed by atoms with Crippen molar-refractivity contribution in [3.8, 4) is 0 Å². The van der Waals surface area contributed by atoms with Crippen LogP contribution in [0.3, 0.4) is 0 Å². The van der Waals surface area contributed by atoms with E-state index >= 15 is 0 Å². The smallest absolute Gasteiger partial charge is 0.212 e. The van der Waals surface area contributed by atoms with Gasteiger partial charge in [0.2, 0.25) is 5.96 Å². The Morgan fingerprint density at radius 1 is 1.41 bits per heavy atom. The van der Waals surface area contributed by atoms with Crippen LogP contribution in [0.2, 0.25) is 10.0 Å². The van der Waals surface area contributed by atoms with Crippen LogP contribution in [0.5, 0.6) is 0 Å². The van der Waals surface area contributed by atoms with Gasteiger partial charge in [-0.3, -0.25) is 4.99 Å². The molecule has 0 bridgehead atoms. The number of halogens is 2. The summed E-state index contributed by atoms with van der Waals surface area (Å²) >= 11 is 11.9. The van der Waals surface area contributed by atoms with Crippen molar-refractivity contribution < 1.29 is 0 Å². The average Bonchev–Trinajstić information content (AvgIpc) is 2.36. The summed E-state index contributed by atoms with van der Waals surface area (Å²) in [6.45, 7) is 1.74. The third kappa shape index (κ3) is 3.35. The molecule has 90 valence electrons. The molecule has 2 rings (SSSR count). The summed E-state index contributed by atoms with van der Waals surface area (Å²) in [6, 6.07) is 5.41. The van der Waals surface area contributed by atoms with Gasteiger partial charge in [-0.25, -0.2) is 5.43 Å². The molecule has 0 unspecified atom stereocenters. The molecule has 1 aliphatic rings. The molecule has 0 amide bonds.